The van der Waals surface area contributed by atoms with Crippen molar-refractivity contribution in [3.05, 3.63) is 216 Å². The molecule has 0 atom stereocenters. The smallest absolute Gasteiger partial charge is 0.0468 e. The minimum atomic E-state index is -0.0702. The van der Waals surface area contributed by atoms with E-state index in [9.17, 15) is 0 Å². The first-order chi connectivity index (χ1) is 27.3. The van der Waals surface area contributed by atoms with Crippen molar-refractivity contribution in [2.75, 3.05) is 9.80 Å². The van der Waals surface area contributed by atoms with E-state index < -0.39 is 0 Å². The van der Waals surface area contributed by atoms with E-state index in [-0.39, 0.29) is 10.8 Å². The molecule has 0 radical (unpaired) electrons. The van der Waals surface area contributed by atoms with E-state index in [0.29, 0.717) is 0 Å². The second kappa shape index (κ2) is 13.0. The maximum Gasteiger partial charge on any atom is 0.0468 e. The fourth-order valence-electron chi connectivity index (χ4n) is 9.33. The van der Waals surface area contributed by atoms with Crippen LogP contribution in [-0.4, -0.2) is 0 Å². The van der Waals surface area contributed by atoms with Gasteiger partial charge in [0.25, 0.3) is 0 Å². The van der Waals surface area contributed by atoms with Crippen LogP contribution in [-0.2, 0) is 10.8 Å². The molecule has 2 nitrogen and oxygen atoms in total. The lowest BCUT2D eigenvalue weighted by Crippen LogP contribution is -2.16. The zero-order valence-electron chi connectivity index (χ0n) is 32.4. The van der Waals surface area contributed by atoms with Crippen LogP contribution in [0.4, 0.5) is 34.1 Å². The Hall–Kier alpha value is -6.64. The van der Waals surface area contributed by atoms with Gasteiger partial charge < -0.3 is 9.80 Å². The Morgan fingerprint density at radius 1 is 0.268 bits per heavy atom. The monoisotopic (exact) mass is 720 g/mol. The van der Waals surface area contributed by atoms with Crippen LogP contribution in [0.2, 0.25) is 0 Å². The van der Waals surface area contributed by atoms with Crippen LogP contribution in [0.3, 0.4) is 0 Å². The van der Waals surface area contributed by atoms with E-state index in [2.05, 4.69) is 232 Å². The van der Waals surface area contributed by atoms with Crippen molar-refractivity contribution in [1.29, 1.82) is 0 Å². The Morgan fingerprint density at radius 2 is 0.625 bits per heavy atom. The number of anilines is 6. The molecule has 0 fully saturated rings. The van der Waals surface area contributed by atoms with Crippen LogP contribution in [0.25, 0.3) is 33.4 Å². The van der Waals surface area contributed by atoms with Gasteiger partial charge in [0.2, 0.25) is 0 Å². The molecule has 0 amide bonds. The average molecular weight is 721 g/mol. The molecule has 10 rings (SSSR count). The summed E-state index contributed by atoms with van der Waals surface area (Å²) >= 11 is 0. The first-order valence-corrected chi connectivity index (χ1v) is 19.7. The van der Waals surface area contributed by atoms with Gasteiger partial charge >= 0.3 is 0 Å². The van der Waals surface area contributed by atoms with E-state index in [1.165, 1.54) is 55.6 Å². The number of hydrogen-bond acceptors (Lipinski definition) is 2. The van der Waals surface area contributed by atoms with Gasteiger partial charge in [0, 0.05) is 45.0 Å². The predicted molar refractivity (Wildman–Crippen MR) is 236 cm³/mol. The highest BCUT2D eigenvalue weighted by Crippen LogP contribution is 2.52. The highest BCUT2D eigenvalue weighted by Gasteiger charge is 2.37. The molecule has 0 bridgehead atoms. The Bertz CT molecular complexity index is 2730. The lowest BCUT2D eigenvalue weighted by Gasteiger charge is -2.28. The molecule has 0 N–H and O–H groups in total. The third-order valence-electron chi connectivity index (χ3n) is 12.3. The fourth-order valence-corrected chi connectivity index (χ4v) is 9.33. The third-order valence-corrected chi connectivity index (χ3v) is 12.3. The van der Waals surface area contributed by atoms with Crippen molar-refractivity contribution in [2.24, 2.45) is 0 Å². The van der Waals surface area contributed by atoms with E-state index >= 15 is 0 Å². The largest absolute Gasteiger partial charge is 0.310 e. The molecule has 0 heterocycles. The molecular weight excluding hydrogens is 677 g/mol. The van der Waals surface area contributed by atoms with Crippen LogP contribution in [0.5, 0.6) is 0 Å². The lowest BCUT2D eigenvalue weighted by molar-refractivity contribution is 0.660. The van der Waals surface area contributed by atoms with E-state index in [1.54, 1.807) is 0 Å². The van der Waals surface area contributed by atoms with Gasteiger partial charge in [0.05, 0.1) is 0 Å². The molecule has 56 heavy (non-hydrogen) atoms. The van der Waals surface area contributed by atoms with Gasteiger partial charge in [-0.05, 0) is 128 Å². The molecule has 0 aromatic heterocycles. The quantitative estimate of drug-likeness (QED) is 0.162. The van der Waals surface area contributed by atoms with E-state index in [4.69, 9.17) is 0 Å². The van der Waals surface area contributed by atoms with E-state index in [1.807, 2.05) is 0 Å². The molecule has 2 heteroatoms. The molecule has 0 spiro atoms. The zero-order chi connectivity index (χ0) is 38.0. The Morgan fingerprint density at radius 3 is 1.16 bits per heavy atom. The van der Waals surface area contributed by atoms with Gasteiger partial charge in [-0.15, -0.1) is 0 Å². The Balaban J connectivity index is 0.987. The molecule has 0 unspecified atom stereocenters. The first-order valence-electron chi connectivity index (χ1n) is 19.7. The topological polar surface area (TPSA) is 6.48 Å². The summed E-state index contributed by atoms with van der Waals surface area (Å²) in [7, 11) is 0. The summed E-state index contributed by atoms with van der Waals surface area (Å²) in [6, 6.07) is 71.1. The van der Waals surface area contributed by atoms with Crippen molar-refractivity contribution >= 4 is 34.1 Å². The maximum absolute atomic E-state index is 2.40. The van der Waals surface area contributed by atoms with Gasteiger partial charge in [-0.25, -0.2) is 0 Å². The first kappa shape index (κ1) is 33.9. The van der Waals surface area contributed by atoms with Crippen LogP contribution < -0.4 is 9.80 Å². The van der Waals surface area contributed by atoms with Crippen molar-refractivity contribution in [3.63, 3.8) is 0 Å². The predicted octanol–water partition coefficient (Wildman–Crippen LogP) is 14.9. The van der Waals surface area contributed by atoms with Gasteiger partial charge in [0.1, 0.15) is 0 Å². The number of fused-ring (bicyclic) bond motifs is 6. The second-order valence-corrected chi connectivity index (χ2v) is 16.2. The van der Waals surface area contributed by atoms with Gasteiger partial charge in [-0.3, -0.25) is 0 Å². The minimum Gasteiger partial charge on any atom is -0.310 e. The summed E-state index contributed by atoms with van der Waals surface area (Å²) in [6.07, 6.45) is 0. The highest BCUT2D eigenvalue weighted by atomic mass is 15.1. The average Bonchev–Trinajstić information content (AvgIpc) is 3.61. The summed E-state index contributed by atoms with van der Waals surface area (Å²) in [5.74, 6) is 0. The zero-order valence-corrected chi connectivity index (χ0v) is 32.4. The molecule has 0 saturated heterocycles. The number of benzene rings is 8. The van der Waals surface area contributed by atoms with Gasteiger partial charge in [-0.2, -0.15) is 0 Å². The Labute approximate surface area is 331 Å². The molecular formula is C54H44N2. The van der Waals surface area contributed by atoms with E-state index in [0.717, 1.165) is 34.1 Å². The van der Waals surface area contributed by atoms with Gasteiger partial charge in [-0.1, -0.05) is 149 Å². The standard InChI is InChI=1S/C54H44N2/c1-53(2)50-22-14-12-20-46(50)48-35-43(32-34-51(48)53)55(39-15-7-5-8-16-39)41-27-23-37(24-28-41)38-25-29-42(30-26-38)56(40-17-9-6-10-18-40)44-31-33-47-45-19-11-13-21-49(45)54(3,4)52(47)36-44/h5-36H,1-4H3. The molecule has 8 aromatic carbocycles. The van der Waals surface area contributed by atoms with Crippen molar-refractivity contribution in [1.82, 2.24) is 0 Å². The molecule has 8 aromatic rings. The van der Waals surface area contributed by atoms with Crippen molar-refractivity contribution in [3.8, 4) is 33.4 Å². The van der Waals surface area contributed by atoms with Crippen LogP contribution in [0.1, 0.15) is 49.9 Å². The molecule has 2 aliphatic rings. The van der Waals surface area contributed by atoms with Gasteiger partial charge in [0.15, 0.2) is 0 Å². The second-order valence-electron chi connectivity index (χ2n) is 16.2. The number of hydrogen-bond donors (Lipinski definition) is 0. The van der Waals surface area contributed by atoms with Crippen molar-refractivity contribution in [2.45, 2.75) is 38.5 Å². The van der Waals surface area contributed by atoms with Crippen LogP contribution >= 0.6 is 0 Å². The summed E-state index contributed by atoms with van der Waals surface area (Å²) < 4.78 is 0. The normalized spacial score (nSPS) is 14.0. The SMILES string of the molecule is CC1(C)c2ccccc2-c2cc(N(c3ccccc3)c3ccc(-c4ccc(N(c5ccccc5)c5ccc6c(c5)C(C)(C)c5ccccc5-6)cc4)cc3)ccc21. The summed E-state index contributed by atoms with van der Waals surface area (Å²) in [4.78, 5) is 4.75. The number of para-hydroxylation sites is 2. The Kier molecular flexibility index (Phi) is 7.87. The number of nitrogens with zero attached hydrogens (tertiary/aromatic N) is 2. The molecule has 270 valence electrons. The van der Waals surface area contributed by atoms with Crippen LogP contribution in [0.15, 0.2) is 194 Å². The maximum atomic E-state index is 2.40. The van der Waals surface area contributed by atoms with Crippen LogP contribution in [0, 0.1) is 0 Å². The third kappa shape index (κ3) is 5.39. The lowest BCUT2D eigenvalue weighted by atomic mass is 9.82. The summed E-state index contributed by atoms with van der Waals surface area (Å²) in [5, 5.41) is 0. The number of rotatable bonds is 7. The molecule has 2 aliphatic carbocycles. The summed E-state index contributed by atoms with van der Waals surface area (Å²) in [6.45, 7) is 9.37. The highest BCUT2D eigenvalue weighted by molar-refractivity contribution is 5.88. The van der Waals surface area contributed by atoms with Crippen molar-refractivity contribution < 1.29 is 0 Å². The fraction of sp³-hybridized carbons (Fsp3) is 0.111. The minimum absolute atomic E-state index is 0.0258. The molecule has 0 aliphatic heterocycles. The molecule has 0 saturated carbocycles. The summed E-state index contributed by atoms with van der Waals surface area (Å²) in [5.41, 5.74) is 20.0.